The molecule has 2 atom stereocenters. The number of aromatic nitrogens is 4. The molecule has 5 rings (SSSR count). The molecule has 1 N–H and O–H groups in total. The van der Waals surface area contributed by atoms with E-state index in [1.807, 2.05) is 6.92 Å². The summed E-state index contributed by atoms with van der Waals surface area (Å²) in [4.78, 5) is 32.5. The van der Waals surface area contributed by atoms with Crippen LogP contribution in [-0.4, -0.2) is 88.4 Å². The molecule has 12 nitrogen and oxygen atoms in total. The number of amides is 2. The summed E-state index contributed by atoms with van der Waals surface area (Å²) in [6.07, 6.45) is 2.87. The Morgan fingerprint density at radius 1 is 1.21 bits per heavy atom. The number of benzene rings is 1. The molecule has 0 radical (unpaired) electrons. The number of fused-ring (bicyclic) bond motifs is 4. The Morgan fingerprint density at radius 2 is 2.13 bits per heavy atom. The molecule has 1 aromatic carbocycles. The molecule has 2 aliphatic rings. The lowest BCUT2D eigenvalue weighted by atomic mass is 10.2. The number of nitrogens with one attached hydrogen (secondary N) is 1. The number of carbonyl (C=O) groups is 2. The Bertz CT molecular complexity index is 1270. The van der Waals surface area contributed by atoms with Gasteiger partial charge in [0.1, 0.15) is 24.7 Å². The largest absolute Gasteiger partial charge is 0.491 e. The Kier molecular flexibility index (Phi) is 8.09. The predicted molar refractivity (Wildman–Crippen MR) is 134 cm³/mol. The first kappa shape index (κ1) is 25.6. The number of hydrogen-bond donors (Lipinski definition) is 1. The lowest BCUT2D eigenvalue weighted by Crippen LogP contribution is -2.44. The fourth-order valence-electron chi connectivity index (χ4n) is 4.38. The first-order chi connectivity index (χ1) is 18.6. The van der Waals surface area contributed by atoms with Crippen LogP contribution in [0.4, 0.5) is 0 Å². The van der Waals surface area contributed by atoms with E-state index in [9.17, 15) is 9.59 Å². The summed E-state index contributed by atoms with van der Waals surface area (Å²) in [7, 11) is 0. The van der Waals surface area contributed by atoms with Crippen LogP contribution in [0.1, 0.15) is 33.5 Å². The summed E-state index contributed by atoms with van der Waals surface area (Å²) in [6.45, 7) is 4.89. The third-order valence-corrected chi connectivity index (χ3v) is 6.25. The summed E-state index contributed by atoms with van der Waals surface area (Å²) in [5, 5.41) is 11.3. The van der Waals surface area contributed by atoms with Crippen molar-refractivity contribution >= 4 is 11.8 Å². The van der Waals surface area contributed by atoms with E-state index in [0.717, 1.165) is 0 Å². The van der Waals surface area contributed by atoms with Gasteiger partial charge in [-0.3, -0.25) is 9.59 Å². The fourth-order valence-corrected chi connectivity index (χ4v) is 4.38. The van der Waals surface area contributed by atoms with Crippen molar-refractivity contribution < 1.29 is 28.5 Å². The standard InChI is InChI=1S/C26H30N6O6/c1-2-35-11-12-36-20-6-3-5-18(13-20)26(34)31-15-21-23(16-31)38-17-19-14-32(30-29-19)9-10-37-22-7-4-8-27-24(22)25(33)28-21/h3-8,13-14,21,23H,2,9-12,15-17H2,1H3,(H,28,33)/t21-,23-/m0/s1. The van der Waals surface area contributed by atoms with Crippen molar-refractivity contribution in [3.05, 3.63) is 65.7 Å². The van der Waals surface area contributed by atoms with E-state index >= 15 is 0 Å². The van der Waals surface area contributed by atoms with E-state index < -0.39 is 18.1 Å². The molecule has 0 aliphatic carbocycles. The van der Waals surface area contributed by atoms with Gasteiger partial charge in [0.2, 0.25) is 0 Å². The second-order valence-corrected chi connectivity index (χ2v) is 8.88. The summed E-state index contributed by atoms with van der Waals surface area (Å²) in [5.41, 5.74) is 1.30. The number of ether oxygens (including phenoxy) is 4. The van der Waals surface area contributed by atoms with Crippen molar-refractivity contribution in [1.29, 1.82) is 0 Å². The van der Waals surface area contributed by atoms with E-state index in [2.05, 4.69) is 20.6 Å². The minimum Gasteiger partial charge on any atom is -0.491 e. The highest BCUT2D eigenvalue weighted by molar-refractivity contribution is 5.96. The molecule has 4 heterocycles. The van der Waals surface area contributed by atoms with E-state index in [-0.39, 0.29) is 24.8 Å². The Morgan fingerprint density at radius 3 is 3.03 bits per heavy atom. The lowest BCUT2D eigenvalue weighted by molar-refractivity contribution is 0.0290. The van der Waals surface area contributed by atoms with Gasteiger partial charge in [-0.15, -0.1) is 5.10 Å². The topological polar surface area (TPSA) is 130 Å². The quantitative estimate of drug-likeness (QED) is 0.477. The molecule has 1 fully saturated rings. The van der Waals surface area contributed by atoms with Crippen LogP contribution in [-0.2, 0) is 22.6 Å². The van der Waals surface area contributed by atoms with Crippen LogP contribution in [0.15, 0.2) is 48.8 Å². The van der Waals surface area contributed by atoms with Crippen LogP contribution in [0.3, 0.4) is 0 Å². The smallest absolute Gasteiger partial charge is 0.274 e. The molecule has 2 amide bonds. The highest BCUT2D eigenvalue weighted by atomic mass is 16.5. The number of rotatable bonds is 6. The van der Waals surface area contributed by atoms with Gasteiger partial charge in [-0.1, -0.05) is 11.3 Å². The van der Waals surface area contributed by atoms with Crippen LogP contribution >= 0.6 is 0 Å². The highest BCUT2D eigenvalue weighted by Crippen LogP contribution is 2.22. The van der Waals surface area contributed by atoms with E-state index in [1.165, 1.54) is 6.20 Å². The number of nitrogens with zero attached hydrogens (tertiary/aromatic N) is 5. The van der Waals surface area contributed by atoms with E-state index in [1.54, 1.807) is 52.2 Å². The number of pyridine rings is 1. The van der Waals surface area contributed by atoms with E-state index in [4.69, 9.17) is 18.9 Å². The first-order valence-electron chi connectivity index (χ1n) is 12.6. The fraction of sp³-hybridized carbons (Fsp3) is 0.423. The summed E-state index contributed by atoms with van der Waals surface area (Å²) in [6, 6.07) is 9.96. The van der Waals surface area contributed by atoms with Crippen molar-refractivity contribution in [2.75, 3.05) is 39.5 Å². The van der Waals surface area contributed by atoms with Gasteiger partial charge >= 0.3 is 0 Å². The summed E-state index contributed by atoms with van der Waals surface area (Å²) in [5.74, 6) is 0.374. The van der Waals surface area contributed by atoms with Gasteiger partial charge in [0.15, 0.2) is 11.4 Å². The molecule has 0 unspecified atom stereocenters. The number of carbonyl (C=O) groups excluding carboxylic acids is 2. The second kappa shape index (κ2) is 12.0. The van der Waals surface area contributed by atoms with Gasteiger partial charge in [0.05, 0.1) is 38.1 Å². The average Bonchev–Trinajstić information content (AvgIpc) is 3.56. The molecular formula is C26H30N6O6. The molecule has 38 heavy (non-hydrogen) atoms. The summed E-state index contributed by atoms with van der Waals surface area (Å²) >= 11 is 0. The van der Waals surface area contributed by atoms with Gasteiger partial charge in [-0.2, -0.15) is 0 Å². The van der Waals surface area contributed by atoms with Gasteiger partial charge in [-0.05, 0) is 37.3 Å². The van der Waals surface area contributed by atoms with Gasteiger partial charge in [-0.25, -0.2) is 9.67 Å². The molecule has 2 aliphatic heterocycles. The third kappa shape index (κ3) is 6.09. The zero-order valence-electron chi connectivity index (χ0n) is 21.1. The van der Waals surface area contributed by atoms with Gasteiger partial charge in [0.25, 0.3) is 11.8 Å². The monoisotopic (exact) mass is 522 g/mol. The third-order valence-electron chi connectivity index (χ3n) is 6.25. The van der Waals surface area contributed by atoms with Crippen molar-refractivity contribution in [2.24, 2.45) is 0 Å². The average molecular weight is 523 g/mol. The minimum absolute atomic E-state index is 0.171. The molecule has 0 spiro atoms. The molecule has 12 heteroatoms. The van der Waals surface area contributed by atoms with Crippen LogP contribution in [0, 0.1) is 0 Å². The van der Waals surface area contributed by atoms with E-state index in [0.29, 0.717) is 62.3 Å². The maximum absolute atomic E-state index is 13.4. The highest BCUT2D eigenvalue weighted by Gasteiger charge is 2.38. The summed E-state index contributed by atoms with van der Waals surface area (Å²) < 4.78 is 24.6. The Balaban J connectivity index is 1.33. The zero-order valence-corrected chi connectivity index (χ0v) is 21.1. The van der Waals surface area contributed by atoms with Gasteiger partial charge < -0.3 is 29.2 Å². The SMILES string of the molecule is CCOCCOc1cccc(C(=O)N2C[C@@H]3NC(=O)c4ncccc4OCCn4cc(nn4)CO[C@H]3C2)c1. The molecule has 0 saturated carbocycles. The molecule has 2 bridgehead atoms. The number of hydrogen-bond acceptors (Lipinski definition) is 9. The van der Waals surface area contributed by atoms with Crippen molar-refractivity contribution in [3.63, 3.8) is 0 Å². The maximum Gasteiger partial charge on any atom is 0.274 e. The molecule has 200 valence electrons. The zero-order chi connectivity index (χ0) is 26.3. The van der Waals surface area contributed by atoms with Crippen LogP contribution in [0.2, 0.25) is 0 Å². The molecule has 3 aromatic rings. The maximum atomic E-state index is 13.4. The Hall–Kier alpha value is -4.03. The molecular weight excluding hydrogens is 492 g/mol. The van der Waals surface area contributed by atoms with Crippen molar-refractivity contribution in [2.45, 2.75) is 32.2 Å². The van der Waals surface area contributed by atoms with Crippen molar-refractivity contribution in [1.82, 2.24) is 30.2 Å². The second-order valence-electron chi connectivity index (χ2n) is 8.88. The predicted octanol–water partition coefficient (Wildman–Crippen LogP) is 1.32. The first-order valence-corrected chi connectivity index (χ1v) is 12.6. The number of likely N-dealkylation sites (tertiary alicyclic amines) is 1. The minimum atomic E-state index is -0.468. The van der Waals surface area contributed by atoms with Gasteiger partial charge in [0, 0.05) is 31.5 Å². The molecule has 1 saturated heterocycles. The normalized spacial score (nSPS) is 19.5. The lowest BCUT2D eigenvalue weighted by Gasteiger charge is -2.20. The van der Waals surface area contributed by atoms with Crippen LogP contribution in [0.5, 0.6) is 11.5 Å². The molecule has 2 aromatic heterocycles. The van der Waals surface area contributed by atoms with Crippen molar-refractivity contribution in [3.8, 4) is 11.5 Å². The van der Waals surface area contributed by atoms with Crippen LogP contribution in [0.25, 0.3) is 0 Å². The van der Waals surface area contributed by atoms with Crippen LogP contribution < -0.4 is 14.8 Å². The Labute approximate surface area is 219 Å².